The van der Waals surface area contributed by atoms with Crippen LogP contribution in [0.2, 0.25) is 0 Å². The number of fused-ring (bicyclic) bond motifs is 2. The number of benzene rings is 2. The molecular weight excluding hydrogens is 552 g/mol. The smallest absolute Gasteiger partial charge is 0.231 e. The third kappa shape index (κ3) is 6.96. The van der Waals surface area contributed by atoms with Crippen molar-refractivity contribution in [1.29, 1.82) is 0 Å². The third-order valence-corrected chi connectivity index (χ3v) is 7.40. The van der Waals surface area contributed by atoms with E-state index in [0.717, 1.165) is 65.9 Å². The van der Waals surface area contributed by atoms with Crippen molar-refractivity contribution >= 4 is 23.8 Å². The summed E-state index contributed by atoms with van der Waals surface area (Å²) in [5, 5.41) is 16.7. The Balaban J connectivity index is 1.10. The fraction of sp³-hybridized carbons (Fsp3) is 0.448. The molecule has 2 unspecified atom stereocenters. The zero-order valence-corrected chi connectivity index (χ0v) is 24.6. The van der Waals surface area contributed by atoms with Crippen LogP contribution in [0.25, 0.3) is 0 Å². The lowest BCUT2D eigenvalue weighted by Gasteiger charge is -2.34. The molecule has 0 radical (unpaired) electrons. The Kier molecular flexibility index (Phi) is 8.52. The molecule has 2 atom stereocenters. The number of rotatable bonds is 9. The molecule has 228 valence electrons. The van der Waals surface area contributed by atoms with Gasteiger partial charge in [-0.25, -0.2) is 4.99 Å². The lowest BCUT2D eigenvalue weighted by molar-refractivity contribution is 0.173. The largest absolute Gasteiger partial charge is 0.454 e. The molecule has 43 heavy (non-hydrogen) atoms. The SMILES string of the molecule is CN=C1NC(N(CCc2ccc3c(c2)OCO3)CCC2NC(=NC)NC(=NCCc3ccc4c(c3)OCO4)N2)=NC(C)N1. The normalized spacial score (nSPS) is 22.8. The lowest BCUT2D eigenvalue weighted by Crippen LogP contribution is -2.64. The van der Waals surface area contributed by atoms with Gasteiger partial charge in [0.15, 0.2) is 40.9 Å². The van der Waals surface area contributed by atoms with Crippen LogP contribution in [0, 0.1) is 0 Å². The predicted molar refractivity (Wildman–Crippen MR) is 164 cm³/mol. The van der Waals surface area contributed by atoms with E-state index < -0.39 is 0 Å². The standard InChI is InChI=1S/C29H38N10O4/c1-18-33-26(30-2)38-29(34-18)39(12-9-20-5-7-22-24(15-20)43-17-41-22)13-10-25-35-27(31-3)37-28(36-25)32-11-8-19-4-6-21-23(14-19)42-16-40-21/h4-7,14-15,18,25H,8-13,16-17H2,1-3H3,(H2,30,33,34,38)(H3,31,32,35,36,37). The van der Waals surface area contributed by atoms with Gasteiger partial charge in [-0.1, -0.05) is 12.1 Å². The van der Waals surface area contributed by atoms with Crippen molar-refractivity contribution in [1.82, 2.24) is 31.5 Å². The Morgan fingerprint density at radius 3 is 2.09 bits per heavy atom. The number of aliphatic imine (C=N–C) groups is 4. The molecule has 2 aromatic rings. The molecule has 6 rings (SSSR count). The molecular formula is C29H38N10O4. The first-order chi connectivity index (χ1) is 21.1. The van der Waals surface area contributed by atoms with Crippen LogP contribution in [-0.2, 0) is 12.8 Å². The number of nitrogens with one attached hydrogen (secondary N) is 5. The first-order valence-corrected chi connectivity index (χ1v) is 14.5. The summed E-state index contributed by atoms with van der Waals surface area (Å²) < 4.78 is 22.0. The average molecular weight is 591 g/mol. The highest BCUT2D eigenvalue weighted by molar-refractivity contribution is 6.01. The van der Waals surface area contributed by atoms with Gasteiger partial charge in [-0.3, -0.25) is 25.6 Å². The van der Waals surface area contributed by atoms with Gasteiger partial charge in [0.1, 0.15) is 12.3 Å². The Labute approximate surface area is 250 Å². The zero-order chi connectivity index (χ0) is 29.6. The Morgan fingerprint density at radius 2 is 1.40 bits per heavy atom. The molecule has 0 bridgehead atoms. The number of hydrogen-bond donors (Lipinski definition) is 5. The van der Waals surface area contributed by atoms with E-state index in [1.807, 2.05) is 37.3 Å². The second kappa shape index (κ2) is 13.0. The van der Waals surface area contributed by atoms with Crippen LogP contribution in [0.1, 0.15) is 24.5 Å². The maximum absolute atomic E-state index is 5.58. The molecule has 1 saturated heterocycles. The van der Waals surface area contributed by atoms with Gasteiger partial charge in [0, 0.05) is 40.2 Å². The molecule has 0 spiro atoms. The highest BCUT2D eigenvalue weighted by Gasteiger charge is 2.24. The van der Waals surface area contributed by atoms with E-state index in [1.165, 1.54) is 0 Å². The summed E-state index contributed by atoms with van der Waals surface area (Å²) in [6.07, 6.45) is 2.15. The van der Waals surface area contributed by atoms with E-state index in [2.05, 4.69) is 47.5 Å². The van der Waals surface area contributed by atoms with Crippen molar-refractivity contribution < 1.29 is 18.9 Å². The molecule has 4 heterocycles. The van der Waals surface area contributed by atoms with Gasteiger partial charge < -0.3 is 39.8 Å². The summed E-state index contributed by atoms with van der Waals surface area (Å²) >= 11 is 0. The number of ether oxygens (including phenoxy) is 4. The number of nitrogens with zero attached hydrogens (tertiary/aromatic N) is 5. The first kappa shape index (κ1) is 28.2. The highest BCUT2D eigenvalue weighted by Crippen LogP contribution is 2.33. The highest BCUT2D eigenvalue weighted by atomic mass is 16.7. The van der Waals surface area contributed by atoms with E-state index >= 15 is 0 Å². The maximum atomic E-state index is 5.58. The van der Waals surface area contributed by atoms with Gasteiger partial charge >= 0.3 is 0 Å². The molecule has 2 aromatic carbocycles. The molecule has 4 aliphatic rings. The molecule has 14 heteroatoms. The minimum atomic E-state index is -0.0968. The van der Waals surface area contributed by atoms with Crippen molar-refractivity contribution in [2.24, 2.45) is 20.0 Å². The summed E-state index contributed by atoms with van der Waals surface area (Å²) in [4.78, 5) is 20.5. The van der Waals surface area contributed by atoms with E-state index in [4.69, 9.17) is 28.9 Å². The summed E-state index contributed by atoms with van der Waals surface area (Å²) in [5.74, 6) is 5.97. The number of hydrogen-bond acceptors (Lipinski definition) is 9. The van der Waals surface area contributed by atoms with Gasteiger partial charge in [-0.2, -0.15) is 0 Å². The van der Waals surface area contributed by atoms with Crippen LogP contribution in [-0.4, -0.2) is 88.4 Å². The van der Waals surface area contributed by atoms with Crippen molar-refractivity contribution in [2.75, 3.05) is 47.3 Å². The predicted octanol–water partition coefficient (Wildman–Crippen LogP) is 0.952. The van der Waals surface area contributed by atoms with E-state index in [1.54, 1.807) is 14.1 Å². The summed E-state index contributed by atoms with van der Waals surface area (Å²) in [6, 6.07) is 12.1. The average Bonchev–Trinajstić information content (AvgIpc) is 3.69. The van der Waals surface area contributed by atoms with Gasteiger partial charge in [0.25, 0.3) is 0 Å². The van der Waals surface area contributed by atoms with E-state index in [9.17, 15) is 0 Å². The lowest BCUT2D eigenvalue weighted by atomic mass is 10.1. The Hall–Kier alpha value is -4.88. The minimum absolute atomic E-state index is 0.0867. The van der Waals surface area contributed by atoms with Crippen LogP contribution in [0.15, 0.2) is 56.4 Å². The molecule has 0 saturated carbocycles. The fourth-order valence-corrected chi connectivity index (χ4v) is 5.13. The van der Waals surface area contributed by atoms with Crippen LogP contribution >= 0.6 is 0 Å². The molecule has 0 aromatic heterocycles. The van der Waals surface area contributed by atoms with Crippen molar-refractivity contribution in [3.63, 3.8) is 0 Å². The molecule has 0 amide bonds. The summed E-state index contributed by atoms with van der Waals surface area (Å²) in [7, 11) is 3.50. The summed E-state index contributed by atoms with van der Waals surface area (Å²) in [5.41, 5.74) is 2.30. The molecule has 0 aliphatic carbocycles. The van der Waals surface area contributed by atoms with Crippen LogP contribution < -0.4 is 45.5 Å². The van der Waals surface area contributed by atoms with Crippen molar-refractivity contribution in [2.45, 2.75) is 38.5 Å². The Morgan fingerprint density at radius 1 is 0.767 bits per heavy atom. The monoisotopic (exact) mass is 590 g/mol. The van der Waals surface area contributed by atoms with Gasteiger partial charge in [-0.05, 0) is 55.2 Å². The quantitative estimate of drug-likeness (QED) is 0.286. The minimum Gasteiger partial charge on any atom is -0.454 e. The van der Waals surface area contributed by atoms with E-state index in [0.29, 0.717) is 31.0 Å². The van der Waals surface area contributed by atoms with E-state index in [-0.39, 0.29) is 25.9 Å². The van der Waals surface area contributed by atoms with Gasteiger partial charge in [0.2, 0.25) is 19.5 Å². The first-order valence-electron chi connectivity index (χ1n) is 14.5. The number of guanidine groups is 4. The van der Waals surface area contributed by atoms with Crippen LogP contribution in [0.4, 0.5) is 0 Å². The Bertz CT molecular complexity index is 1440. The molecule has 5 N–H and O–H groups in total. The maximum Gasteiger partial charge on any atom is 0.231 e. The van der Waals surface area contributed by atoms with Gasteiger partial charge in [-0.15, -0.1) is 0 Å². The third-order valence-electron chi connectivity index (χ3n) is 7.40. The zero-order valence-electron chi connectivity index (χ0n) is 24.6. The summed E-state index contributed by atoms with van der Waals surface area (Å²) in [6.45, 7) is 4.60. The van der Waals surface area contributed by atoms with Crippen LogP contribution in [0.3, 0.4) is 0 Å². The van der Waals surface area contributed by atoms with Crippen LogP contribution in [0.5, 0.6) is 23.0 Å². The topological polar surface area (TPSA) is 150 Å². The van der Waals surface area contributed by atoms with Crippen molar-refractivity contribution in [3.05, 3.63) is 47.5 Å². The molecule has 14 nitrogen and oxygen atoms in total. The molecule has 1 fully saturated rings. The van der Waals surface area contributed by atoms with Gasteiger partial charge in [0.05, 0.1) is 0 Å². The second-order valence-corrected chi connectivity index (χ2v) is 10.4. The molecule has 4 aliphatic heterocycles. The fourth-order valence-electron chi connectivity index (χ4n) is 5.13. The second-order valence-electron chi connectivity index (χ2n) is 10.4. The van der Waals surface area contributed by atoms with Crippen molar-refractivity contribution in [3.8, 4) is 23.0 Å².